The number of fused-ring (bicyclic) bond motifs is 1. The van der Waals surface area contributed by atoms with Gasteiger partial charge in [0.25, 0.3) is 0 Å². The number of hydrogen-bond acceptors (Lipinski definition) is 3. The Morgan fingerprint density at radius 1 is 1.50 bits per heavy atom. The molecule has 1 aliphatic rings. The second kappa shape index (κ2) is 3.17. The number of benzene rings is 1. The summed E-state index contributed by atoms with van der Waals surface area (Å²) in [4.78, 5) is 13.7. The number of nitrogens with zero attached hydrogens (tertiary/aromatic N) is 2. The third-order valence-corrected chi connectivity index (χ3v) is 2.12. The summed E-state index contributed by atoms with van der Waals surface area (Å²) < 4.78 is 13.1. The highest BCUT2D eigenvalue weighted by Gasteiger charge is 2.18. The van der Waals surface area contributed by atoms with E-state index >= 15 is 0 Å². The first-order valence-electron chi connectivity index (χ1n) is 4.18. The molecule has 0 saturated carbocycles. The lowest BCUT2D eigenvalue weighted by molar-refractivity contribution is -0.387. The lowest BCUT2D eigenvalue weighted by Crippen LogP contribution is -1.98. The number of aliphatic imine (C=N–C) groups is 1. The molecular formula is C9H7FN2O2. The van der Waals surface area contributed by atoms with Crippen LogP contribution in [0.1, 0.15) is 12.0 Å². The van der Waals surface area contributed by atoms with E-state index < -0.39 is 16.4 Å². The first-order valence-corrected chi connectivity index (χ1v) is 4.18. The van der Waals surface area contributed by atoms with Gasteiger partial charge in [0.1, 0.15) is 0 Å². The molecule has 0 amide bonds. The number of rotatable bonds is 1. The van der Waals surface area contributed by atoms with Crippen molar-refractivity contribution in [3.8, 4) is 0 Å². The minimum absolute atomic E-state index is 0.471. The van der Waals surface area contributed by atoms with Gasteiger partial charge >= 0.3 is 5.69 Å². The second-order valence-electron chi connectivity index (χ2n) is 3.04. The van der Waals surface area contributed by atoms with Crippen LogP contribution in [-0.2, 0) is 6.42 Å². The third kappa shape index (κ3) is 1.37. The van der Waals surface area contributed by atoms with Crippen LogP contribution < -0.4 is 0 Å². The van der Waals surface area contributed by atoms with E-state index in [2.05, 4.69) is 4.99 Å². The van der Waals surface area contributed by atoms with Gasteiger partial charge in [-0.05, 0) is 18.4 Å². The number of nitro benzene ring substituents is 1. The minimum Gasteiger partial charge on any atom is -0.261 e. The Morgan fingerprint density at radius 2 is 2.29 bits per heavy atom. The molecule has 0 fully saturated rings. The molecule has 0 unspecified atom stereocenters. The van der Waals surface area contributed by atoms with Gasteiger partial charge in [-0.3, -0.25) is 15.1 Å². The summed E-state index contributed by atoms with van der Waals surface area (Å²) in [5.74, 6) is -0.826. The summed E-state index contributed by atoms with van der Waals surface area (Å²) in [6, 6.07) is 2.38. The van der Waals surface area contributed by atoms with E-state index in [1.165, 1.54) is 6.07 Å². The highest BCUT2D eigenvalue weighted by Crippen LogP contribution is 2.30. The molecule has 1 aromatic rings. The Morgan fingerprint density at radius 3 is 3.00 bits per heavy atom. The van der Waals surface area contributed by atoms with Gasteiger partial charge in [-0.2, -0.15) is 4.39 Å². The summed E-state index contributed by atoms with van der Waals surface area (Å²) in [5.41, 5.74) is 0.765. The Hall–Kier alpha value is -1.78. The monoisotopic (exact) mass is 194 g/mol. The molecule has 0 spiro atoms. The zero-order valence-corrected chi connectivity index (χ0v) is 7.24. The predicted molar refractivity (Wildman–Crippen MR) is 49.5 cm³/mol. The highest BCUT2D eigenvalue weighted by atomic mass is 19.1. The van der Waals surface area contributed by atoms with E-state index in [1.54, 1.807) is 6.21 Å². The van der Waals surface area contributed by atoms with E-state index in [1.807, 2.05) is 0 Å². The van der Waals surface area contributed by atoms with Crippen molar-refractivity contribution in [3.05, 3.63) is 33.6 Å². The van der Waals surface area contributed by atoms with Crippen molar-refractivity contribution in [2.24, 2.45) is 4.99 Å². The van der Waals surface area contributed by atoms with Crippen LogP contribution in [0.5, 0.6) is 0 Å². The van der Waals surface area contributed by atoms with E-state index in [0.29, 0.717) is 12.1 Å². The van der Waals surface area contributed by atoms with Crippen LogP contribution in [0.4, 0.5) is 15.8 Å². The van der Waals surface area contributed by atoms with Crippen molar-refractivity contribution in [2.75, 3.05) is 0 Å². The van der Waals surface area contributed by atoms with Gasteiger partial charge in [-0.1, -0.05) is 0 Å². The average molecular weight is 194 g/mol. The van der Waals surface area contributed by atoms with Gasteiger partial charge in [-0.15, -0.1) is 0 Å². The molecule has 1 aliphatic heterocycles. The Bertz CT molecular complexity index is 429. The van der Waals surface area contributed by atoms with Gasteiger partial charge in [0.15, 0.2) is 0 Å². The molecule has 0 bridgehead atoms. The van der Waals surface area contributed by atoms with Gasteiger partial charge in [0.05, 0.1) is 10.6 Å². The standard InChI is InChI=1S/C9H7FN2O2/c10-7-5-8-6(2-1-3-11-8)4-9(7)12(13)14/h3-5H,1-2H2. The molecular weight excluding hydrogens is 187 g/mol. The molecule has 14 heavy (non-hydrogen) atoms. The zero-order chi connectivity index (χ0) is 10.1. The smallest absolute Gasteiger partial charge is 0.261 e. The van der Waals surface area contributed by atoms with Crippen LogP contribution in [-0.4, -0.2) is 11.1 Å². The normalized spacial score (nSPS) is 13.8. The number of halogens is 1. The SMILES string of the molecule is O=[N+]([O-])c1cc2c(cc1F)N=CCC2. The van der Waals surface area contributed by atoms with Crippen LogP contribution in [0.3, 0.4) is 0 Å². The van der Waals surface area contributed by atoms with Crippen LogP contribution in [0.25, 0.3) is 0 Å². The topological polar surface area (TPSA) is 55.5 Å². The maximum Gasteiger partial charge on any atom is 0.305 e. The van der Waals surface area contributed by atoms with Crippen molar-refractivity contribution in [3.63, 3.8) is 0 Å². The van der Waals surface area contributed by atoms with Crippen LogP contribution in [0.15, 0.2) is 17.1 Å². The predicted octanol–water partition coefficient (Wildman–Crippen LogP) is 2.38. The number of nitro groups is 1. The summed E-state index contributed by atoms with van der Waals surface area (Å²) in [5, 5.41) is 10.4. The van der Waals surface area contributed by atoms with Crippen molar-refractivity contribution in [2.45, 2.75) is 12.8 Å². The van der Waals surface area contributed by atoms with E-state index in [-0.39, 0.29) is 0 Å². The molecule has 1 heterocycles. The van der Waals surface area contributed by atoms with E-state index in [9.17, 15) is 14.5 Å². The van der Waals surface area contributed by atoms with Crippen molar-refractivity contribution >= 4 is 17.6 Å². The second-order valence-corrected chi connectivity index (χ2v) is 3.04. The molecule has 5 heteroatoms. The Balaban J connectivity index is 2.57. The van der Waals surface area contributed by atoms with Gasteiger partial charge < -0.3 is 0 Å². The Kier molecular flexibility index (Phi) is 1.99. The fourth-order valence-corrected chi connectivity index (χ4v) is 1.44. The molecule has 0 radical (unpaired) electrons. The molecule has 2 rings (SSSR count). The molecule has 0 saturated heterocycles. The van der Waals surface area contributed by atoms with Gasteiger partial charge in [-0.25, -0.2) is 0 Å². The summed E-state index contributed by atoms with van der Waals surface area (Å²) >= 11 is 0. The van der Waals surface area contributed by atoms with Crippen molar-refractivity contribution in [1.82, 2.24) is 0 Å². The number of hydrogen-bond donors (Lipinski definition) is 0. The Labute approximate surface area is 79.2 Å². The molecule has 1 aromatic carbocycles. The third-order valence-electron chi connectivity index (χ3n) is 2.12. The highest BCUT2D eigenvalue weighted by molar-refractivity contribution is 5.69. The lowest BCUT2D eigenvalue weighted by atomic mass is 10.0. The van der Waals surface area contributed by atoms with E-state index in [0.717, 1.165) is 18.1 Å². The number of aryl methyl sites for hydroxylation is 1. The van der Waals surface area contributed by atoms with Crippen LogP contribution in [0.2, 0.25) is 0 Å². The molecule has 0 aromatic heterocycles. The largest absolute Gasteiger partial charge is 0.305 e. The summed E-state index contributed by atoms with van der Waals surface area (Å²) in [6.45, 7) is 0. The average Bonchev–Trinajstić information content (AvgIpc) is 2.16. The molecule has 0 N–H and O–H groups in total. The summed E-state index contributed by atoms with van der Waals surface area (Å²) in [7, 11) is 0. The molecule has 0 aliphatic carbocycles. The molecule has 4 nitrogen and oxygen atoms in total. The fraction of sp³-hybridized carbons (Fsp3) is 0.222. The van der Waals surface area contributed by atoms with Crippen molar-refractivity contribution in [1.29, 1.82) is 0 Å². The maximum atomic E-state index is 13.1. The maximum absolute atomic E-state index is 13.1. The summed E-state index contributed by atoms with van der Waals surface area (Å²) in [6.07, 6.45) is 3.11. The molecule has 0 atom stereocenters. The van der Waals surface area contributed by atoms with E-state index in [4.69, 9.17) is 0 Å². The molecule has 72 valence electrons. The first kappa shape index (κ1) is 8.80. The fourth-order valence-electron chi connectivity index (χ4n) is 1.44. The van der Waals surface area contributed by atoms with Gasteiger partial charge in [0, 0.05) is 18.3 Å². The van der Waals surface area contributed by atoms with Crippen LogP contribution >= 0.6 is 0 Å². The first-order chi connectivity index (χ1) is 6.68. The minimum atomic E-state index is -0.826. The zero-order valence-electron chi connectivity index (χ0n) is 7.24. The van der Waals surface area contributed by atoms with Gasteiger partial charge in [0.2, 0.25) is 5.82 Å². The quantitative estimate of drug-likeness (QED) is 0.509. The van der Waals surface area contributed by atoms with Crippen LogP contribution in [0, 0.1) is 15.9 Å². The van der Waals surface area contributed by atoms with Crippen molar-refractivity contribution < 1.29 is 9.31 Å². The lowest BCUT2D eigenvalue weighted by Gasteiger charge is -2.08.